The summed E-state index contributed by atoms with van der Waals surface area (Å²) in [6, 6.07) is 0. The van der Waals surface area contributed by atoms with Gasteiger partial charge >= 0.3 is 5.70 Å². The fourth-order valence-electron chi connectivity index (χ4n) is 0.931. The molecule has 0 aromatic rings. The highest BCUT2D eigenvalue weighted by Gasteiger charge is 2.38. The zero-order valence-electron chi connectivity index (χ0n) is 6.63. The van der Waals surface area contributed by atoms with E-state index < -0.39 is 26.9 Å². The Morgan fingerprint density at radius 1 is 1.77 bits per heavy atom. The molecule has 13 heavy (non-hydrogen) atoms. The van der Waals surface area contributed by atoms with Crippen LogP contribution in [0.3, 0.4) is 0 Å². The second-order valence-electron chi connectivity index (χ2n) is 2.85. The van der Waals surface area contributed by atoms with Gasteiger partial charge in [-0.05, 0) is 13.0 Å². The first kappa shape index (κ1) is 10.3. The first-order valence-corrected chi connectivity index (χ1v) is 4.34. The third-order valence-corrected chi connectivity index (χ3v) is 2.85. The number of halogens is 3. The molecule has 1 aliphatic carbocycles. The van der Waals surface area contributed by atoms with E-state index >= 15 is 0 Å². The molecule has 1 aliphatic rings. The minimum atomic E-state index is -1.93. The van der Waals surface area contributed by atoms with Crippen molar-refractivity contribution in [2.24, 2.45) is 0 Å². The smallest absolute Gasteiger partial charge is 0.258 e. The Morgan fingerprint density at radius 3 is 2.77 bits per heavy atom. The number of rotatable bonds is 1. The summed E-state index contributed by atoms with van der Waals surface area (Å²) in [5.41, 5.74) is -2.62. The average Bonchev–Trinajstić information content (AvgIpc) is 1.95. The fraction of sp³-hybridized carbons (Fsp3) is 0.429. The highest BCUT2D eigenvalue weighted by atomic mass is 79.9. The summed E-state index contributed by atoms with van der Waals surface area (Å²) in [5, 5.41) is 10.2. The normalized spacial score (nSPS) is 33.7. The summed E-state index contributed by atoms with van der Waals surface area (Å²) in [4.78, 5) is 8.48. The van der Waals surface area contributed by atoms with Gasteiger partial charge < -0.3 is 0 Å². The van der Waals surface area contributed by atoms with Gasteiger partial charge in [0.25, 0.3) is 0 Å². The molecule has 0 amide bonds. The number of nitro groups is 1. The first-order chi connectivity index (χ1) is 5.84. The van der Waals surface area contributed by atoms with Crippen LogP contribution in [0, 0.1) is 10.1 Å². The monoisotopic (exact) mass is 253 g/mol. The predicted molar refractivity (Wildman–Crippen MR) is 46.5 cm³/mol. The Bertz CT molecular complexity index is 312. The van der Waals surface area contributed by atoms with E-state index in [1.807, 2.05) is 0 Å². The van der Waals surface area contributed by atoms with Crippen molar-refractivity contribution in [2.75, 3.05) is 0 Å². The lowest BCUT2D eigenvalue weighted by molar-refractivity contribution is -0.423. The zero-order valence-corrected chi connectivity index (χ0v) is 8.22. The van der Waals surface area contributed by atoms with Crippen molar-refractivity contribution in [1.82, 2.24) is 0 Å². The SMILES string of the molecule is CC1(F)C=C(F)C([N+](=O)[O-])=CC1Br. The molecule has 0 saturated heterocycles. The molecular weight excluding hydrogens is 248 g/mol. The predicted octanol–water partition coefficient (Wildman–Crippen LogP) is 2.51. The summed E-state index contributed by atoms with van der Waals surface area (Å²) in [7, 11) is 0. The van der Waals surface area contributed by atoms with Gasteiger partial charge in [-0.2, -0.15) is 4.39 Å². The van der Waals surface area contributed by atoms with Crippen LogP contribution in [-0.2, 0) is 0 Å². The zero-order chi connectivity index (χ0) is 10.2. The minimum Gasteiger partial charge on any atom is -0.258 e. The summed E-state index contributed by atoms with van der Waals surface area (Å²) in [5.74, 6) is -1.13. The van der Waals surface area contributed by atoms with Crippen molar-refractivity contribution in [1.29, 1.82) is 0 Å². The fourth-order valence-corrected chi connectivity index (χ4v) is 1.31. The third kappa shape index (κ3) is 1.93. The Balaban J connectivity index is 3.08. The molecule has 0 N–H and O–H groups in total. The highest BCUT2D eigenvalue weighted by Crippen LogP contribution is 2.34. The summed E-state index contributed by atoms with van der Waals surface area (Å²) < 4.78 is 26.2. The van der Waals surface area contributed by atoms with Gasteiger partial charge in [-0.15, -0.1) is 0 Å². The van der Waals surface area contributed by atoms with Crippen LogP contribution in [0.1, 0.15) is 6.92 Å². The number of alkyl halides is 2. The van der Waals surface area contributed by atoms with Gasteiger partial charge in [-0.1, -0.05) is 15.9 Å². The molecule has 2 atom stereocenters. The van der Waals surface area contributed by atoms with Crippen LogP contribution in [-0.4, -0.2) is 15.4 Å². The van der Waals surface area contributed by atoms with Gasteiger partial charge in [0.2, 0.25) is 0 Å². The molecule has 72 valence electrons. The lowest BCUT2D eigenvalue weighted by Crippen LogP contribution is -2.30. The van der Waals surface area contributed by atoms with E-state index in [0.29, 0.717) is 6.08 Å². The maximum absolute atomic E-state index is 13.3. The molecular formula is C7H6BrF2NO2. The molecule has 0 fully saturated rings. The maximum atomic E-state index is 13.3. The summed E-state index contributed by atoms with van der Waals surface area (Å²) in [6.45, 7) is 1.14. The minimum absolute atomic E-state index is 0.602. The molecule has 0 heterocycles. The van der Waals surface area contributed by atoms with Crippen molar-refractivity contribution in [3.8, 4) is 0 Å². The van der Waals surface area contributed by atoms with Crippen LogP contribution in [0.2, 0.25) is 0 Å². The first-order valence-electron chi connectivity index (χ1n) is 3.42. The van der Waals surface area contributed by atoms with E-state index in [1.165, 1.54) is 0 Å². The molecule has 3 nitrogen and oxygen atoms in total. The summed E-state index contributed by atoms with van der Waals surface area (Å²) >= 11 is 2.88. The standard InChI is InChI=1S/C7H6BrF2NO2/c1-7(10)3-4(9)5(11(12)13)2-6(7)8/h2-3,6H,1H3. The van der Waals surface area contributed by atoms with Gasteiger partial charge in [0.05, 0.1) is 9.75 Å². The van der Waals surface area contributed by atoms with Crippen molar-refractivity contribution >= 4 is 15.9 Å². The van der Waals surface area contributed by atoms with Gasteiger partial charge in [0.1, 0.15) is 5.67 Å². The van der Waals surface area contributed by atoms with Crippen LogP contribution >= 0.6 is 15.9 Å². The van der Waals surface area contributed by atoms with Gasteiger partial charge in [-0.25, -0.2) is 4.39 Å². The molecule has 6 heteroatoms. The second kappa shape index (κ2) is 3.17. The third-order valence-electron chi connectivity index (χ3n) is 1.69. The number of hydrogen-bond donors (Lipinski definition) is 0. The molecule has 1 rings (SSSR count). The van der Waals surface area contributed by atoms with E-state index in [1.54, 1.807) is 0 Å². The molecule has 0 spiro atoms. The molecule has 0 radical (unpaired) electrons. The molecule has 0 bridgehead atoms. The van der Waals surface area contributed by atoms with E-state index in [-0.39, 0.29) is 0 Å². The Morgan fingerprint density at radius 2 is 2.31 bits per heavy atom. The number of hydrogen-bond acceptors (Lipinski definition) is 2. The molecule has 0 aromatic carbocycles. The van der Waals surface area contributed by atoms with Gasteiger partial charge in [0.15, 0.2) is 5.83 Å². The summed E-state index contributed by atoms with van der Waals surface area (Å²) in [6.07, 6.45) is 1.51. The van der Waals surface area contributed by atoms with E-state index in [9.17, 15) is 18.9 Å². The lowest BCUT2D eigenvalue weighted by atomic mass is 9.98. The lowest BCUT2D eigenvalue weighted by Gasteiger charge is -2.22. The van der Waals surface area contributed by atoms with Gasteiger partial charge in [0, 0.05) is 6.08 Å². The van der Waals surface area contributed by atoms with Crippen LogP contribution in [0.4, 0.5) is 8.78 Å². The molecule has 0 aliphatic heterocycles. The average molecular weight is 254 g/mol. The quantitative estimate of drug-likeness (QED) is 0.410. The Labute approximate surface area is 81.4 Å². The highest BCUT2D eigenvalue weighted by molar-refractivity contribution is 9.09. The largest absolute Gasteiger partial charge is 0.301 e. The van der Waals surface area contributed by atoms with E-state index in [0.717, 1.165) is 13.0 Å². The Hall–Kier alpha value is -0.780. The molecule has 0 aromatic heterocycles. The second-order valence-corrected chi connectivity index (χ2v) is 3.84. The number of nitrogens with zero attached hydrogens (tertiary/aromatic N) is 1. The molecule has 0 saturated carbocycles. The van der Waals surface area contributed by atoms with E-state index in [2.05, 4.69) is 15.9 Å². The van der Waals surface area contributed by atoms with Crippen molar-refractivity contribution in [2.45, 2.75) is 17.4 Å². The van der Waals surface area contributed by atoms with Crippen molar-refractivity contribution in [3.63, 3.8) is 0 Å². The number of allylic oxidation sites excluding steroid dienone is 3. The van der Waals surface area contributed by atoms with E-state index in [4.69, 9.17) is 0 Å². The van der Waals surface area contributed by atoms with Crippen LogP contribution in [0.5, 0.6) is 0 Å². The van der Waals surface area contributed by atoms with Gasteiger partial charge in [-0.3, -0.25) is 10.1 Å². The van der Waals surface area contributed by atoms with Crippen LogP contribution < -0.4 is 0 Å². The van der Waals surface area contributed by atoms with Crippen LogP contribution in [0.15, 0.2) is 23.7 Å². The van der Waals surface area contributed by atoms with Crippen molar-refractivity contribution < 1.29 is 13.7 Å². The van der Waals surface area contributed by atoms with Crippen LogP contribution in [0.25, 0.3) is 0 Å². The topological polar surface area (TPSA) is 43.1 Å². The molecule has 2 unspecified atom stereocenters. The maximum Gasteiger partial charge on any atom is 0.301 e. The van der Waals surface area contributed by atoms with Crippen molar-refractivity contribution in [3.05, 3.63) is 33.8 Å². The Kier molecular flexibility index (Phi) is 2.51.